The zero-order valence-electron chi connectivity index (χ0n) is 25.2. The van der Waals surface area contributed by atoms with E-state index in [1.165, 1.54) is 12.1 Å². The van der Waals surface area contributed by atoms with Crippen LogP contribution in [0.3, 0.4) is 0 Å². The minimum absolute atomic E-state index is 0.0243. The summed E-state index contributed by atoms with van der Waals surface area (Å²) in [4.78, 5) is 33.8. The summed E-state index contributed by atoms with van der Waals surface area (Å²) in [5.41, 5.74) is 0.476. The Morgan fingerprint density at radius 1 is 1.14 bits per heavy atom. The summed E-state index contributed by atoms with van der Waals surface area (Å²) in [7, 11) is 0. The molecule has 0 bridgehead atoms. The number of halogens is 2. The summed E-state index contributed by atoms with van der Waals surface area (Å²) < 4.78 is 29.3. The van der Waals surface area contributed by atoms with Crippen LogP contribution in [-0.4, -0.2) is 48.7 Å². The van der Waals surface area contributed by atoms with Crippen LogP contribution >= 0.6 is 0 Å². The highest BCUT2D eigenvalue weighted by atomic mass is 19.2. The van der Waals surface area contributed by atoms with Crippen molar-refractivity contribution in [3.63, 3.8) is 0 Å². The first-order valence-corrected chi connectivity index (χ1v) is 15.1. The van der Waals surface area contributed by atoms with Gasteiger partial charge in [-0.05, 0) is 73.3 Å². The molecule has 2 N–H and O–H groups in total. The van der Waals surface area contributed by atoms with Gasteiger partial charge < -0.3 is 10.2 Å². The molecule has 11 heteroatoms. The normalized spacial score (nSPS) is 21.3. The number of benzene rings is 2. The SMILES string of the molecule is CCCC(c1ccc(C(=O)NCc2nn[nH]n2)cc1)N1C(=O)C(c2cccc(F)c2F)=NC12CCC(C(C)(C)CC)CC2. The summed E-state index contributed by atoms with van der Waals surface area (Å²) in [5, 5.41) is 16.3. The number of carbonyl (C=O) groups is 2. The molecule has 1 unspecified atom stereocenters. The number of amides is 2. The molecule has 1 saturated carbocycles. The van der Waals surface area contributed by atoms with Crippen LogP contribution in [0.15, 0.2) is 47.5 Å². The third-order valence-corrected chi connectivity index (χ3v) is 9.43. The number of carbonyl (C=O) groups excluding carboxylic acids is 2. The fourth-order valence-corrected chi connectivity index (χ4v) is 6.50. The van der Waals surface area contributed by atoms with Crippen LogP contribution in [0.4, 0.5) is 8.78 Å². The lowest BCUT2D eigenvalue weighted by Crippen LogP contribution is -2.51. The molecule has 2 heterocycles. The highest BCUT2D eigenvalue weighted by molar-refractivity contribution is 6.46. The smallest absolute Gasteiger partial charge is 0.275 e. The Bertz CT molecular complexity index is 1480. The molecule has 2 amide bonds. The summed E-state index contributed by atoms with van der Waals surface area (Å²) in [6.07, 6.45) is 5.52. The van der Waals surface area contributed by atoms with Crippen molar-refractivity contribution in [2.24, 2.45) is 16.3 Å². The quantitative estimate of drug-likeness (QED) is 0.304. The number of H-pyrrole nitrogens is 1. The van der Waals surface area contributed by atoms with Crippen molar-refractivity contribution < 1.29 is 18.4 Å². The minimum atomic E-state index is -1.06. The van der Waals surface area contributed by atoms with Crippen molar-refractivity contribution in [2.45, 2.75) is 90.9 Å². The van der Waals surface area contributed by atoms with E-state index in [4.69, 9.17) is 4.99 Å². The van der Waals surface area contributed by atoms with E-state index in [2.05, 4.69) is 53.6 Å². The van der Waals surface area contributed by atoms with Crippen molar-refractivity contribution in [3.05, 3.63) is 76.6 Å². The van der Waals surface area contributed by atoms with E-state index in [-0.39, 0.29) is 35.2 Å². The van der Waals surface area contributed by atoms with Gasteiger partial charge in [0.25, 0.3) is 11.8 Å². The maximum Gasteiger partial charge on any atom is 0.275 e. The summed E-state index contributed by atoms with van der Waals surface area (Å²) in [6, 6.07) is 10.7. The first-order valence-electron chi connectivity index (χ1n) is 15.1. The Morgan fingerprint density at radius 3 is 2.49 bits per heavy atom. The van der Waals surface area contributed by atoms with Crippen molar-refractivity contribution in [1.82, 2.24) is 30.8 Å². The summed E-state index contributed by atoms with van der Waals surface area (Å²) >= 11 is 0. The number of aromatic nitrogens is 4. The first-order chi connectivity index (χ1) is 20.6. The number of aliphatic imine (C=N–C) groups is 1. The third kappa shape index (κ3) is 5.94. The number of hydrogen-bond acceptors (Lipinski definition) is 6. The number of hydrogen-bond donors (Lipinski definition) is 2. The first kappa shape index (κ1) is 30.4. The second-order valence-corrected chi connectivity index (χ2v) is 12.3. The average Bonchev–Trinajstić information content (AvgIpc) is 3.63. The van der Waals surface area contributed by atoms with E-state index in [9.17, 15) is 14.0 Å². The number of aromatic amines is 1. The van der Waals surface area contributed by atoms with Crippen LogP contribution in [-0.2, 0) is 11.3 Å². The van der Waals surface area contributed by atoms with E-state index in [1.807, 2.05) is 17.0 Å². The molecule has 1 atom stereocenters. The van der Waals surface area contributed by atoms with E-state index < -0.39 is 23.2 Å². The molecule has 2 aliphatic rings. The van der Waals surface area contributed by atoms with Gasteiger partial charge in [0.05, 0.1) is 12.6 Å². The Hall–Kier alpha value is -4.02. The molecule has 1 spiro atoms. The molecule has 1 aliphatic carbocycles. The largest absolute Gasteiger partial charge is 0.345 e. The van der Waals surface area contributed by atoms with Gasteiger partial charge in [0.15, 0.2) is 17.5 Å². The van der Waals surface area contributed by atoms with Crippen molar-refractivity contribution in [1.29, 1.82) is 0 Å². The van der Waals surface area contributed by atoms with Gasteiger partial charge in [0, 0.05) is 11.1 Å². The monoisotopic (exact) mass is 591 g/mol. The minimum Gasteiger partial charge on any atom is -0.345 e. The molecule has 1 aromatic heterocycles. The number of tetrazole rings is 1. The molecule has 228 valence electrons. The van der Waals surface area contributed by atoms with Gasteiger partial charge in [0.1, 0.15) is 11.4 Å². The molecule has 5 rings (SSSR count). The average molecular weight is 592 g/mol. The predicted octanol–water partition coefficient (Wildman–Crippen LogP) is 5.90. The van der Waals surface area contributed by atoms with E-state index in [0.717, 1.165) is 37.3 Å². The van der Waals surface area contributed by atoms with E-state index in [1.54, 1.807) is 12.1 Å². The Labute approximate surface area is 250 Å². The lowest BCUT2D eigenvalue weighted by Gasteiger charge is -2.48. The molecular formula is C32H39F2N7O2. The molecule has 1 fully saturated rings. The lowest BCUT2D eigenvalue weighted by atomic mass is 9.67. The van der Waals surface area contributed by atoms with Gasteiger partial charge in [-0.15, -0.1) is 10.2 Å². The molecular weight excluding hydrogens is 552 g/mol. The number of nitrogens with one attached hydrogen (secondary N) is 2. The van der Waals surface area contributed by atoms with Crippen molar-refractivity contribution in [3.8, 4) is 0 Å². The van der Waals surface area contributed by atoms with Crippen LogP contribution in [0.5, 0.6) is 0 Å². The molecule has 43 heavy (non-hydrogen) atoms. The Kier molecular flexibility index (Phi) is 8.71. The zero-order valence-corrected chi connectivity index (χ0v) is 25.2. The van der Waals surface area contributed by atoms with E-state index in [0.29, 0.717) is 36.6 Å². The van der Waals surface area contributed by atoms with Crippen molar-refractivity contribution >= 4 is 17.5 Å². The second-order valence-electron chi connectivity index (χ2n) is 12.3. The highest BCUT2D eigenvalue weighted by Gasteiger charge is 2.53. The maximum absolute atomic E-state index is 15.0. The van der Waals surface area contributed by atoms with Gasteiger partial charge in [-0.25, -0.2) is 8.78 Å². The van der Waals surface area contributed by atoms with Crippen LogP contribution < -0.4 is 5.32 Å². The Balaban J connectivity index is 1.47. The molecule has 9 nitrogen and oxygen atoms in total. The van der Waals surface area contributed by atoms with E-state index >= 15 is 4.39 Å². The van der Waals surface area contributed by atoms with Crippen LogP contribution in [0.25, 0.3) is 0 Å². The fourth-order valence-electron chi connectivity index (χ4n) is 6.50. The topological polar surface area (TPSA) is 116 Å². The number of nitrogens with zero attached hydrogens (tertiary/aromatic N) is 5. The predicted molar refractivity (Wildman–Crippen MR) is 158 cm³/mol. The van der Waals surface area contributed by atoms with Gasteiger partial charge >= 0.3 is 0 Å². The van der Waals surface area contributed by atoms with Gasteiger partial charge in [-0.3, -0.25) is 14.6 Å². The van der Waals surface area contributed by atoms with Crippen LogP contribution in [0.2, 0.25) is 0 Å². The van der Waals surface area contributed by atoms with Crippen LogP contribution in [0, 0.1) is 23.0 Å². The molecule has 0 saturated heterocycles. The standard InChI is InChI=1S/C32H39F2N7O2/c1-5-8-25(20-11-13-21(14-12-20)29(42)35-19-26-37-39-40-38-26)41-30(43)28(23-9-7-10-24(33)27(23)34)36-32(41)17-15-22(16-18-32)31(3,4)6-2/h7,9-14,22,25H,5-6,8,15-19H2,1-4H3,(H,35,42)(H,37,38,39,40). The van der Waals surface area contributed by atoms with Crippen LogP contribution in [0.1, 0.15) is 106 Å². The zero-order chi connectivity index (χ0) is 30.8. The highest BCUT2D eigenvalue weighted by Crippen LogP contribution is 2.50. The molecule has 3 aromatic rings. The van der Waals surface area contributed by atoms with Gasteiger partial charge in [0.2, 0.25) is 0 Å². The summed E-state index contributed by atoms with van der Waals surface area (Å²) in [5.74, 6) is -1.91. The lowest BCUT2D eigenvalue weighted by molar-refractivity contribution is -0.133. The van der Waals surface area contributed by atoms with Gasteiger partial charge in [-0.1, -0.05) is 63.9 Å². The molecule has 0 radical (unpaired) electrons. The van der Waals surface area contributed by atoms with Gasteiger partial charge in [-0.2, -0.15) is 5.21 Å². The fraction of sp³-hybridized carbons (Fsp3) is 0.500. The Morgan fingerprint density at radius 2 is 1.86 bits per heavy atom. The second kappa shape index (κ2) is 12.3. The molecule has 2 aromatic carbocycles. The molecule has 1 aliphatic heterocycles. The number of rotatable bonds is 10. The maximum atomic E-state index is 15.0. The summed E-state index contributed by atoms with van der Waals surface area (Å²) in [6.45, 7) is 8.94. The van der Waals surface area contributed by atoms with Crippen molar-refractivity contribution in [2.75, 3.05) is 0 Å². The third-order valence-electron chi connectivity index (χ3n) is 9.43.